The summed E-state index contributed by atoms with van der Waals surface area (Å²) in [7, 11) is 1.38. The van der Waals surface area contributed by atoms with Crippen LogP contribution in [0.1, 0.15) is 18.5 Å². The third kappa shape index (κ3) is 6.41. The van der Waals surface area contributed by atoms with Crippen molar-refractivity contribution in [1.29, 1.82) is 0 Å². The number of hydrogen-bond acceptors (Lipinski definition) is 7. The SMILES string of the molecule is CO[C@H](C)[C@@H](C(=O)Nc1ccc(I)cc1Cl)N1C(=O)NC(c2ccc(OCC(O)CO)cc2)C1=O. The number of nitrogens with one attached hydrogen (secondary N) is 2. The number of aliphatic hydroxyl groups excluding tert-OH is 2. The first-order valence-electron chi connectivity index (χ1n) is 10.6. The Morgan fingerprint density at radius 1 is 1.26 bits per heavy atom. The zero-order valence-electron chi connectivity index (χ0n) is 18.9. The smallest absolute Gasteiger partial charge is 0.325 e. The van der Waals surface area contributed by atoms with Crippen LogP contribution in [0.5, 0.6) is 5.75 Å². The summed E-state index contributed by atoms with van der Waals surface area (Å²) in [6.45, 7) is 1.06. The summed E-state index contributed by atoms with van der Waals surface area (Å²) in [6, 6.07) is 8.40. The number of benzene rings is 2. The number of aliphatic hydroxyl groups is 2. The van der Waals surface area contributed by atoms with E-state index >= 15 is 0 Å². The number of ether oxygens (including phenoxy) is 2. The highest BCUT2D eigenvalue weighted by molar-refractivity contribution is 14.1. The third-order valence-corrected chi connectivity index (χ3v) is 6.37. The van der Waals surface area contributed by atoms with E-state index in [2.05, 4.69) is 33.2 Å². The summed E-state index contributed by atoms with van der Waals surface area (Å²) < 4.78 is 11.6. The van der Waals surface area contributed by atoms with E-state index in [1.807, 2.05) is 0 Å². The van der Waals surface area contributed by atoms with E-state index in [4.69, 9.17) is 26.2 Å². The minimum atomic E-state index is -1.25. The van der Waals surface area contributed by atoms with Gasteiger partial charge in [-0.15, -0.1) is 0 Å². The quantitative estimate of drug-likeness (QED) is 0.237. The van der Waals surface area contributed by atoms with Crippen LogP contribution in [-0.4, -0.2) is 71.5 Å². The Bertz CT molecular complexity index is 1090. The summed E-state index contributed by atoms with van der Waals surface area (Å²) in [5, 5.41) is 23.9. The molecule has 1 aliphatic rings. The lowest BCUT2D eigenvalue weighted by Gasteiger charge is -2.28. The van der Waals surface area contributed by atoms with Gasteiger partial charge in [0.25, 0.3) is 5.91 Å². The van der Waals surface area contributed by atoms with Gasteiger partial charge >= 0.3 is 6.03 Å². The van der Waals surface area contributed by atoms with Gasteiger partial charge in [-0.3, -0.25) is 9.59 Å². The average molecular weight is 618 g/mol. The zero-order valence-corrected chi connectivity index (χ0v) is 21.8. The molecule has 0 radical (unpaired) electrons. The minimum absolute atomic E-state index is 0.0982. The van der Waals surface area contributed by atoms with Crippen molar-refractivity contribution in [3.05, 3.63) is 56.6 Å². The predicted molar refractivity (Wildman–Crippen MR) is 136 cm³/mol. The topological polar surface area (TPSA) is 137 Å². The molecule has 2 unspecified atom stereocenters. The molecule has 12 heteroatoms. The second-order valence-electron chi connectivity index (χ2n) is 7.81. The van der Waals surface area contributed by atoms with E-state index in [9.17, 15) is 19.5 Å². The molecule has 188 valence electrons. The average Bonchev–Trinajstić information content (AvgIpc) is 3.13. The first-order valence-corrected chi connectivity index (χ1v) is 12.1. The van der Waals surface area contributed by atoms with Gasteiger partial charge in [0.05, 0.1) is 23.4 Å². The van der Waals surface area contributed by atoms with Crippen molar-refractivity contribution < 1.29 is 34.1 Å². The lowest BCUT2D eigenvalue weighted by molar-refractivity contribution is -0.137. The molecule has 1 heterocycles. The van der Waals surface area contributed by atoms with Crippen LogP contribution >= 0.6 is 34.2 Å². The number of hydrogen-bond donors (Lipinski definition) is 4. The molecular formula is C23H25ClIN3O7. The summed E-state index contributed by atoms with van der Waals surface area (Å²) in [4.78, 5) is 40.2. The van der Waals surface area contributed by atoms with Crippen LogP contribution in [0, 0.1) is 3.57 Å². The van der Waals surface area contributed by atoms with E-state index in [1.54, 1.807) is 49.4 Å². The molecule has 4 atom stereocenters. The molecule has 4 N–H and O–H groups in total. The van der Waals surface area contributed by atoms with E-state index in [0.717, 1.165) is 8.47 Å². The summed E-state index contributed by atoms with van der Waals surface area (Å²) in [5.74, 6) is -0.829. The van der Waals surface area contributed by atoms with E-state index in [0.29, 0.717) is 22.0 Å². The van der Waals surface area contributed by atoms with Crippen molar-refractivity contribution in [3.8, 4) is 5.75 Å². The number of imide groups is 1. The molecule has 3 rings (SSSR count). The lowest BCUT2D eigenvalue weighted by Crippen LogP contribution is -2.53. The molecule has 0 aliphatic carbocycles. The molecule has 10 nitrogen and oxygen atoms in total. The van der Waals surface area contributed by atoms with Crippen LogP contribution in [0.4, 0.5) is 10.5 Å². The number of rotatable bonds is 10. The number of carbonyl (C=O) groups excluding carboxylic acids is 3. The van der Waals surface area contributed by atoms with E-state index in [1.165, 1.54) is 7.11 Å². The molecule has 0 spiro atoms. The van der Waals surface area contributed by atoms with E-state index < -0.39 is 48.7 Å². The molecule has 0 saturated carbocycles. The highest BCUT2D eigenvalue weighted by atomic mass is 127. The maximum atomic E-state index is 13.3. The summed E-state index contributed by atoms with van der Waals surface area (Å²) in [5.41, 5.74) is 0.821. The number of nitrogens with zero attached hydrogens (tertiary/aromatic N) is 1. The number of anilines is 1. The molecule has 0 bridgehead atoms. The number of halogens is 2. The molecule has 0 aromatic heterocycles. The second-order valence-corrected chi connectivity index (χ2v) is 9.46. The van der Waals surface area contributed by atoms with Crippen molar-refractivity contribution in [3.63, 3.8) is 0 Å². The Hall–Kier alpha value is -2.45. The maximum absolute atomic E-state index is 13.3. The van der Waals surface area contributed by atoms with Crippen molar-refractivity contribution in [2.45, 2.75) is 31.2 Å². The third-order valence-electron chi connectivity index (χ3n) is 5.39. The number of methoxy groups -OCH3 is 1. The molecule has 1 fully saturated rings. The second kappa shape index (κ2) is 12.0. The van der Waals surface area contributed by atoms with E-state index in [-0.39, 0.29) is 6.61 Å². The first kappa shape index (κ1) is 27.1. The Kier molecular flexibility index (Phi) is 9.30. The largest absolute Gasteiger partial charge is 0.491 e. The minimum Gasteiger partial charge on any atom is -0.491 e. The fourth-order valence-electron chi connectivity index (χ4n) is 3.45. The Morgan fingerprint density at radius 3 is 2.54 bits per heavy atom. The van der Waals surface area contributed by atoms with Crippen LogP contribution in [0.25, 0.3) is 0 Å². The molecule has 2 aromatic rings. The number of amides is 4. The highest BCUT2D eigenvalue weighted by Crippen LogP contribution is 2.29. The van der Waals surface area contributed by atoms with Crippen LogP contribution in [0.3, 0.4) is 0 Å². The van der Waals surface area contributed by atoms with Gasteiger partial charge in [0.2, 0.25) is 5.91 Å². The van der Waals surface area contributed by atoms with Gasteiger partial charge in [0, 0.05) is 10.7 Å². The molecular weight excluding hydrogens is 593 g/mol. The van der Waals surface area contributed by atoms with Gasteiger partial charge in [-0.2, -0.15) is 0 Å². The van der Waals surface area contributed by atoms with Crippen LogP contribution in [0.2, 0.25) is 5.02 Å². The Morgan fingerprint density at radius 2 is 1.94 bits per heavy atom. The highest BCUT2D eigenvalue weighted by Gasteiger charge is 2.47. The van der Waals surface area contributed by atoms with Gasteiger partial charge < -0.3 is 30.3 Å². The zero-order chi connectivity index (χ0) is 25.7. The number of carbonyl (C=O) groups is 3. The lowest BCUT2D eigenvalue weighted by atomic mass is 10.0. The summed E-state index contributed by atoms with van der Waals surface area (Å²) >= 11 is 8.31. The van der Waals surface area contributed by atoms with Crippen molar-refractivity contribution in [2.75, 3.05) is 25.6 Å². The van der Waals surface area contributed by atoms with Crippen LogP contribution in [0.15, 0.2) is 42.5 Å². The molecule has 2 aromatic carbocycles. The monoisotopic (exact) mass is 617 g/mol. The molecule has 1 saturated heterocycles. The van der Waals surface area contributed by atoms with Gasteiger partial charge in [-0.05, 0) is 65.4 Å². The predicted octanol–water partition coefficient (Wildman–Crippen LogP) is 2.31. The fraction of sp³-hybridized carbons (Fsp3) is 0.348. The van der Waals surface area contributed by atoms with Crippen molar-refractivity contribution >= 4 is 57.7 Å². The molecule has 1 aliphatic heterocycles. The fourth-order valence-corrected chi connectivity index (χ4v) is 4.35. The Balaban J connectivity index is 1.79. The van der Waals surface area contributed by atoms with Crippen LogP contribution < -0.4 is 15.4 Å². The van der Waals surface area contributed by atoms with Crippen molar-refractivity contribution in [2.24, 2.45) is 0 Å². The van der Waals surface area contributed by atoms with Crippen molar-refractivity contribution in [1.82, 2.24) is 10.2 Å². The summed E-state index contributed by atoms with van der Waals surface area (Å²) in [6.07, 6.45) is -1.82. The maximum Gasteiger partial charge on any atom is 0.325 e. The molecule has 4 amide bonds. The standard InChI is InChI=1S/C23H25ClIN3O7/c1-12(34-2)20(21(31)26-18-8-5-14(25)9-17(18)24)28-22(32)19(27-23(28)33)13-3-6-16(7-4-13)35-11-15(30)10-29/h3-9,12,15,19-20,29-30H,10-11H2,1-2H3,(H,26,31)(H,27,33)/t12-,15?,19?,20+/m1/s1. The van der Waals surface area contributed by atoms with Crippen LogP contribution in [-0.2, 0) is 14.3 Å². The Labute approximate surface area is 220 Å². The van der Waals surface area contributed by atoms with Gasteiger partial charge in [0.1, 0.15) is 30.5 Å². The first-order chi connectivity index (χ1) is 16.7. The molecule has 35 heavy (non-hydrogen) atoms. The van der Waals surface area contributed by atoms with Gasteiger partial charge in [-0.1, -0.05) is 23.7 Å². The van der Waals surface area contributed by atoms with Gasteiger partial charge in [-0.25, -0.2) is 9.69 Å². The normalized spacial score (nSPS) is 18.1. The number of urea groups is 1. The van der Waals surface area contributed by atoms with Gasteiger partial charge in [0.15, 0.2) is 0 Å².